The van der Waals surface area contributed by atoms with Crippen molar-refractivity contribution >= 4 is 28.4 Å². The molecule has 0 unspecified atom stereocenters. The van der Waals surface area contributed by atoms with Gasteiger partial charge in [-0.25, -0.2) is 0 Å². The van der Waals surface area contributed by atoms with Crippen molar-refractivity contribution in [2.75, 3.05) is 5.32 Å². The monoisotopic (exact) mass is 317 g/mol. The molecule has 2 heterocycles. The van der Waals surface area contributed by atoms with Crippen LogP contribution in [-0.2, 0) is 4.79 Å². The summed E-state index contributed by atoms with van der Waals surface area (Å²) in [6.45, 7) is 0. The van der Waals surface area contributed by atoms with Gasteiger partial charge in [0.1, 0.15) is 0 Å². The van der Waals surface area contributed by atoms with Crippen LogP contribution in [0.25, 0.3) is 10.9 Å². The summed E-state index contributed by atoms with van der Waals surface area (Å²) in [5, 5.41) is 6.68. The summed E-state index contributed by atoms with van der Waals surface area (Å²) in [5.74, 6) is -0.272. The van der Waals surface area contributed by atoms with E-state index in [1.165, 1.54) is 0 Å². The van der Waals surface area contributed by atoms with E-state index in [-0.39, 0.29) is 24.3 Å². The van der Waals surface area contributed by atoms with Crippen molar-refractivity contribution in [3.05, 3.63) is 71.9 Å². The fourth-order valence-electron chi connectivity index (χ4n) is 3.08. The van der Waals surface area contributed by atoms with Gasteiger partial charge in [0.25, 0.3) is 5.91 Å². The molecule has 2 amide bonds. The smallest absolute Gasteiger partial charge is 0.252 e. The van der Waals surface area contributed by atoms with E-state index in [0.29, 0.717) is 5.56 Å². The first-order chi connectivity index (χ1) is 11.7. The number of benzene rings is 2. The molecule has 118 valence electrons. The van der Waals surface area contributed by atoms with E-state index in [4.69, 9.17) is 0 Å². The lowest BCUT2D eigenvalue weighted by Crippen LogP contribution is -2.24. The molecule has 0 radical (unpaired) electrons. The van der Waals surface area contributed by atoms with Gasteiger partial charge >= 0.3 is 0 Å². The minimum absolute atomic E-state index is 0.127. The van der Waals surface area contributed by atoms with E-state index in [9.17, 15) is 9.59 Å². The zero-order valence-corrected chi connectivity index (χ0v) is 12.8. The molecular weight excluding hydrogens is 302 g/mol. The maximum absolute atomic E-state index is 12.4. The fraction of sp³-hybridized carbons (Fsp3) is 0.105. The Morgan fingerprint density at radius 3 is 2.88 bits per heavy atom. The second-order valence-electron chi connectivity index (χ2n) is 5.74. The number of hydrogen-bond donors (Lipinski definition) is 2. The van der Waals surface area contributed by atoms with Crippen LogP contribution in [0, 0.1) is 0 Å². The van der Waals surface area contributed by atoms with Gasteiger partial charge in [-0.15, -0.1) is 0 Å². The number of pyridine rings is 1. The van der Waals surface area contributed by atoms with Crippen LogP contribution < -0.4 is 10.6 Å². The molecule has 4 rings (SSSR count). The highest BCUT2D eigenvalue weighted by Gasteiger charge is 2.29. The van der Waals surface area contributed by atoms with Gasteiger partial charge in [0.05, 0.1) is 23.7 Å². The third-order valence-electron chi connectivity index (χ3n) is 4.20. The molecule has 1 aliphatic heterocycles. The minimum Gasteiger partial charge on any atom is -0.345 e. The molecular formula is C19H15N3O2. The number of rotatable bonds is 3. The maximum atomic E-state index is 12.4. The number of amides is 2. The molecule has 2 aromatic carbocycles. The third-order valence-corrected chi connectivity index (χ3v) is 4.20. The van der Waals surface area contributed by atoms with Gasteiger partial charge in [0.2, 0.25) is 5.91 Å². The van der Waals surface area contributed by atoms with E-state index >= 15 is 0 Å². The molecule has 1 atom stereocenters. The molecule has 0 saturated carbocycles. The number of hydrogen-bond acceptors (Lipinski definition) is 3. The van der Waals surface area contributed by atoms with Crippen LogP contribution in [-0.4, -0.2) is 16.8 Å². The lowest BCUT2D eigenvalue weighted by atomic mass is 10.0. The summed E-state index contributed by atoms with van der Waals surface area (Å²) in [6.07, 6.45) is 1.92. The lowest BCUT2D eigenvalue weighted by molar-refractivity contribution is -0.116. The quantitative estimate of drug-likeness (QED) is 0.780. The largest absolute Gasteiger partial charge is 0.345 e. The summed E-state index contributed by atoms with van der Waals surface area (Å²) >= 11 is 0. The Labute approximate surface area is 138 Å². The molecule has 0 spiro atoms. The molecule has 1 aliphatic rings. The van der Waals surface area contributed by atoms with E-state index in [2.05, 4.69) is 15.6 Å². The Balaban J connectivity index is 1.55. The average Bonchev–Trinajstić information content (AvgIpc) is 2.91. The standard InChI is InChI=1S/C19H15N3O2/c23-18(11-17-12-5-1-2-6-13(12)19(24)22-17)21-16-9-3-8-15-14(16)7-4-10-20-15/h1-10,17H,11H2,(H,21,23)(H,22,24)/t17-/m0/s1. The van der Waals surface area contributed by atoms with Crippen molar-refractivity contribution in [3.63, 3.8) is 0 Å². The molecule has 0 fully saturated rings. The van der Waals surface area contributed by atoms with Crippen molar-refractivity contribution < 1.29 is 9.59 Å². The zero-order valence-electron chi connectivity index (χ0n) is 12.8. The minimum atomic E-state index is -0.290. The number of fused-ring (bicyclic) bond motifs is 2. The fourth-order valence-corrected chi connectivity index (χ4v) is 3.08. The number of carbonyl (C=O) groups is 2. The Morgan fingerprint density at radius 1 is 1.08 bits per heavy atom. The predicted octanol–water partition coefficient (Wildman–Crippen LogP) is 3.05. The van der Waals surface area contributed by atoms with Crippen molar-refractivity contribution in [2.45, 2.75) is 12.5 Å². The van der Waals surface area contributed by atoms with Crippen molar-refractivity contribution in [3.8, 4) is 0 Å². The van der Waals surface area contributed by atoms with Gasteiger partial charge < -0.3 is 10.6 Å². The Morgan fingerprint density at radius 2 is 1.96 bits per heavy atom. The van der Waals surface area contributed by atoms with Gasteiger partial charge in [-0.1, -0.05) is 24.3 Å². The van der Waals surface area contributed by atoms with Crippen molar-refractivity contribution in [1.29, 1.82) is 0 Å². The third kappa shape index (κ3) is 2.50. The van der Waals surface area contributed by atoms with Gasteiger partial charge in [0.15, 0.2) is 0 Å². The summed E-state index contributed by atoms with van der Waals surface area (Å²) in [7, 11) is 0. The molecule has 0 aliphatic carbocycles. The average molecular weight is 317 g/mol. The summed E-state index contributed by atoms with van der Waals surface area (Å²) in [5.41, 5.74) is 3.07. The normalized spacial score (nSPS) is 15.8. The molecule has 2 N–H and O–H groups in total. The van der Waals surface area contributed by atoms with Crippen LogP contribution in [0.1, 0.15) is 28.4 Å². The predicted molar refractivity (Wildman–Crippen MR) is 91.6 cm³/mol. The van der Waals surface area contributed by atoms with Gasteiger partial charge in [0, 0.05) is 17.1 Å². The Kier molecular flexibility index (Phi) is 3.46. The first-order valence-electron chi connectivity index (χ1n) is 7.76. The van der Waals surface area contributed by atoms with E-state index in [0.717, 1.165) is 22.2 Å². The van der Waals surface area contributed by atoms with Crippen LogP contribution in [0.2, 0.25) is 0 Å². The molecule has 0 saturated heterocycles. The topological polar surface area (TPSA) is 71.1 Å². The molecule has 24 heavy (non-hydrogen) atoms. The first kappa shape index (κ1) is 14.4. The Bertz CT molecular complexity index is 947. The van der Waals surface area contributed by atoms with E-state index < -0.39 is 0 Å². The SMILES string of the molecule is O=C(C[C@@H]1NC(=O)c2ccccc21)Nc1cccc2ncccc12. The van der Waals surface area contributed by atoms with E-state index in [1.807, 2.05) is 48.5 Å². The first-order valence-corrected chi connectivity index (χ1v) is 7.76. The van der Waals surface area contributed by atoms with Crippen LogP contribution in [0.15, 0.2) is 60.8 Å². The van der Waals surface area contributed by atoms with Crippen molar-refractivity contribution in [2.24, 2.45) is 0 Å². The second kappa shape index (κ2) is 5.77. The number of anilines is 1. The van der Waals surface area contributed by atoms with Crippen LogP contribution >= 0.6 is 0 Å². The van der Waals surface area contributed by atoms with Gasteiger partial charge in [-0.3, -0.25) is 14.6 Å². The molecule has 5 heteroatoms. The van der Waals surface area contributed by atoms with Gasteiger partial charge in [-0.2, -0.15) is 0 Å². The molecule has 5 nitrogen and oxygen atoms in total. The molecule has 3 aromatic rings. The van der Waals surface area contributed by atoms with Crippen LogP contribution in [0.4, 0.5) is 5.69 Å². The summed E-state index contributed by atoms with van der Waals surface area (Å²) in [6, 6.07) is 16.4. The number of aromatic nitrogens is 1. The number of nitrogens with zero attached hydrogens (tertiary/aromatic N) is 1. The highest BCUT2D eigenvalue weighted by Crippen LogP contribution is 2.28. The second-order valence-corrected chi connectivity index (χ2v) is 5.74. The summed E-state index contributed by atoms with van der Waals surface area (Å²) < 4.78 is 0. The van der Waals surface area contributed by atoms with Gasteiger partial charge in [-0.05, 0) is 35.9 Å². The lowest BCUT2D eigenvalue weighted by Gasteiger charge is -2.13. The number of carbonyl (C=O) groups excluding carboxylic acids is 2. The van der Waals surface area contributed by atoms with E-state index in [1.54, 1.807) is 12.3 Å². The zero-order chi connectivity index (χ0) is 16.5. The Hall–Kier alpha value is -3.21. The maximum Gasteiger partial charge on any atom is 0.252 e. The molecule has 0 bridgehead atoms. The number of nitrogens with one attached hydrogen (secondary N) is 2. The highest BCUT2D eigenvalue weighted by molar-refractivity contribution is 6.03. The van der Waals surface area contributed by atoms with Crippen LogP contribution in [0.3, 0.4) is 0 Å². The van der Waals surface area contributed by atoms with Crippen LogP contribution in [0.5, 0.6) is 0 Å². The summed E-state index contributed by atoms with van der Waals surface area (Å²) in [4.78, 5) is 28.7. The highest BCUT2D eigenvalue weighted by atomic mass is 16.2. The van der Waals surface area contributed by atoms with Crippen molar-refractivity contribution in [1.82, 2.24) is 10.3 Å². The molecule has 1 aromatic heterocycles.